The zero-order chi connectivity index (χ0) is 21.1. The van der Waals surface area contributed by atoms with Crippen LogP contribution in [0, 0.1) is 29.1 Å². The molecule has 4 aliphatic carbocycles. The van der Waals surface area contributed by atoms with Gasteiger partial charge in [0, 0.05) is 12.1 Å². The maximum absolute atomic E-state index is 13.2. The van der Waals surface area contributed by atoms with Gasteiger partial charge in [-0.05, 0) is 87.5 Å². The van der Waals surface area contributed by atoms with Crippen LogP contribution in [0.15, 0.2) is 24.3 Å². The summed E-state index contributed by atoms with van der Waals surface area (Å²) in [5.74, 6) is 2.08. The average molecular weight is 411 g/mol. The van der Waals surface area contributed by atoms with E-state index in [1.807, 2.05) is 11.8 Å². The molecule has 30 heavy (non-hydrogen) atoms. The summed E-state index contributed by atoms with van der Waals surface area (Å²) in [7, 11) is 0. The molecule has 4 aliphatic rings. The van der Waals surface area contributed by atoms with Crippen molar-refractivity contribution in [3.63, 3.8) is 0 Å². The Morgan fingerprint density at radius 3 is 2.23 bits per heavy atom. The molecule has 0 aromatic heterocycles. The van der Waals surface area contributed by atoms with Gasteiger partial charge in [-0.25, -0.2) is 4.79 Å². The number of rotatable bonds is 8. The van der Waals surface area contributed by atoms with Crippen molar-refractivity contribution >= 4 is 11.9 Å². The first-order valence-electron chi connectivity index (χ1n) is 11.1. The number of benzene rings is 1. The molecule has 4 saturated carbocycles. The van der Waals surface area contributed by atoms with Crippen LogP contribution < -0.4 is 4.74 Å². The van der Waals surface area contributed by atoms with E-state index in [9.17, 15) is 9.59 Å². The summed E-state index contributed by atoms with van der Waals surface area (Å²) in [6, 6.07) is 8.90. The van der Waals surface area contributed by atoms with Gasteiger partial charge in [0.25, 0.3) is 5.91 Å². The lowest BCUT2D eigenvalue weighted by molar-refractivity contribution is -0.153. The number of nitriles is 1. The van der Waals surface area contributed by atoms with E-state index in [1.165, 1.54) is 19.3 Å². The minimum Gasteiger partial charge on any atom is -0.494 e. The molecule has 0 unspecified atom stereocenters. The third-order valence-electron chi connectivity index (χ3n) is 7.05. The molecule has 0 radical (unpaired) electrons. The van der Waals surface area contributed by atoms with Crippen LogP contribution in [0.3, 0.4) is 0 Å². The fraction of sp³-hybridized carbons (Fsp3) is 0.625. The normalized spacial score (nSPS) is 28.6. The number of amides is 1. The summed E-state index contributed by atoms with van der Waals surface area (Å²) in [4.78, 5) is 27.5. The average Bonchev–Trinajstić information content (AvgIpc) is 2.72. The van der Waals surface area contributed by atoms with Crippen LogP contribution in [0.25, 0.3) is 0 Å². The predicted molar refractivity (Wildman–Crippen MR) is 111 cm³/mol. The summed E-state index contributed by atoms with van der Waals surface area (Å²) < 4.78 is 10.7. The second-order valence-corrected chi connectivity index (χ2v) is 9.13. The Balaban J connectivity index is 1.41. The maximum atomic E-state index is 13.2. The maximum Gasteiger partial charge on any atom is 0.338 e. The zero-order valence-electron chi connectivity index (χ0n) is 17.6. The Bertz CT molecular complexity index is 791. The highest BCUT2D eigenvalue weighted by Gasteiger charge is 2.54. The van der Waals surface area contributed by atoms with Gasteiger partial charge in [0.2, 0.25) is 0 Å². The number of nitrogens with zero attached hydrogens (tertiary/aromatic N) is 2. The molecular weight excluding hydrogens is 380 g/mol. The lowest BCUT2D eigenvalue weighted by Gasteiger charge is -2.60. The van der Waals surface area contributed by atoms with E-state index in [1.54, 1.807) is 24.3 Å². The van der Waals surface area contributed by atoms with Gasteiger partial charge < -0.3 is 14.4 Å². The van der Waals surface area contributed by atoms with Gasteiger partial charge in [-0.2, -0.15) is 5.26 Å². The fourth-order valence-electron chi connectivity index (χ4n) is 6.33. The highest BCUT2D eigenvalue weighted by atomic mass is 16.5. The van der Waals surface area contributed by atoms with Crippen molar-refractivity contribution in [3.8, 4) is 11.8 Å². The third-order valence-corrected chi connectivity index (χ3v) is 7.05. The van der Waals surface area contributed by atoms with Crippen LogP contribution in [0.5, 0.6) is 5.75 Å². The quantitative estimate of drug-likeness (QED) is 0.606. The number of esters is 1. The van der Waals surface area contributed by atoms with Crippen molar-refractivity contribution < 1.29 is 19.1 Å². The van der Waals surface area contributed by atoms with Crippen molar-refractivity contribution in [3.05, 3.63) is 29.8 Å². The second kappa shape index (κ2) is 8.67. The van der Waals surface area contributed by atoms with Gasteiger partial charge in [0.15, 0.2) is 6.61 Å². The molecule has 0 spiro atoms. The molecule has 4 bridgehead atoms. The summed E-state index contributed by atoms with van der Waals surface area (Å²) in [5, 5.41) is 9.12. The van der Waals surface area contributed by atoms with Gasteiger partial charge in [0.1, 0.15) is 5.75 Å². The smallest absolute Gasteiger partial charge is 0.338 e. The van der Waals surface area contributed by atoms with Crippen LogP contribution >= 0.6 is 0 Å². The number of hydrogen-bond acceptors (Lipinski definition) is 5. The van der Waals surface area contributed by atoms with Crippen molar-refractivity contribution in [2.75, 3.05) is 19.8 Å². The van der Waals surface area contributed by atoms with Crippen LogP contribution in [0.1, 0.15) is 62.2 Å². The predicted octanol–water partition coefficient (Wildman–Crippen LogP) is 3.95. The molecule has 0 heterocycles. The number of ether oxygens (including phenoxy) is 2. The topological polar surface area (TPSA) is 79.6 Å². The molecule has 1 aromatic rings. The van der Waals surface area contributed by atoms with E-state index in [0.29, 0.717) is 48.6 Å². The summed E-state index contributed by atoms with van der Waals surface area (Å²) >= 11 is 0. The molecule has 1 aromatic carbocycles. The minimum atomic E-state index is -0.517. The summed E-state index contributed by atoms with van der Waals surface area (Å²) in [6.45, 7) is 2.60. The molecule has 5 rings (SSSR count). The minimum absolute atomic E-state index is 0.145. The SMILES string of the molecule is CCOc1ccc(C(=O)OCC(=O)N(CCC#N)C23CC4CC(CC(C4)C2)C3)cc1. The van der Waals surface area contributed by atoms with E-state index in [-0.39, 0.29) is 18.1 Å². The monoisotopic (exact) mass is 410 g/mol. The summed E-state index contributed by atoms with van der Waals surface area (Å²) in [6.07, 6.45) is 7.25. The summed E-state index contributed by atoms with van der Waals surface area (Å²) in [5.41, 5.74) is 0.249. The number of carbonyl (C=O) groups excluding carboxylic acids is 2. The molecule has 1 amide bonds. The van der Waals surface area contributed by atoms with Crippen LogP contribution in [0.4, 0.5) is 0 Å². The lowest BCUT2D eigenvalue weighted by Crippen LogP contribution is -2.62. The highest BCUT2D eigenvalue weighted by molar-refractivity contribution is 5.91. The van der Waals surface area contributed by atoms with Gasteiger partial charge >= 0.3 is 5.97 Å². The third kappa shape index (κ3) is 4.16. The van der Waals surface area contributed by atoms with E-state index in [4.69, 9.17) is 14.7 Å². The molecule has 0 aliphatic heterocycles. The fourth-order valence-corrected chi connectivity index (χ4v) is 6.33. The molecule has 0 N–H and O–H groups in total. The standard InChI is InChI=1S/C24H30N2O4/c1-2-29-21-6-4-20(5-7-21)23(28)30-16-22(27)26(9-3-8-25)24-13-17-10-18(14-24)12-19(11-17)15-24/h4-7,17-19H,2-3,9-16H2,1H3. The molecule has 0 saturated heterocycles. The Kier molecular flexibility index (Phi) is 5.99. The van der Waals surface area contributed by atoms with Gasteiger partial charge in [0.05, 0.1) is 24.7 Å². The zero-order valence-corrected chi connectivity index (χ0v) is 17.6. The second-order valence-electron chi connectivity index (χ2n) is 9.13. The largest absolute Gasteiger partial charge is 0.494 e. The van der Waals surface area contributed by atoms with Crippen molar-refractivity contribution in [2.24, 2.45) is 17.8 Å². The van der Waals surface area contributed by atoms with E-state index >= 15 is 0 Å². The molecule has 6 nitrogen and oxygen atoms in total. The van der Waals surface area contributed by atoms with Gasteiger partial charge in [-0.3, -0.25) is 4.79 Å². The first kappa shape index (κ1) is 20.7. The van der Waals surface area contributed by atoms with Crippen molar-refractivity contribution in [1.82, 2.24) is 4.90 Å². The molecule has 6 heteroatoms. The number of hydrogen-bond donors (Lipinski definition) is 0. The number of carbonyl (C=O) groups is 2. The molecule has 0 atom stereocenters. The lowest BCUT2D eigenvalue weighted by atomic mass is 9.52. The first-order valence-corrected chi connectivity index (χ1v) is 11.1. The van der Waals surface area contributed by atoms with Gasteiger partial charge in [-0.15, -0.1) is 0 Å². The van der Waals surface area contributed by atoms with E-state index < -0.39 is 5.97 Å². The van der Waals surface area contributed by atoms with E-state index in [2.05, 4.69) is 6.07 Å². The Morgan fingerprint density at radius 1 is 1.10 bits per heavy atom. The van der Waals surface area contributed by atoms with Crippen molar-refractivity contribution in [1.29, 1.82) is 5.26 Å². The van der Waals surface area contributed by atoms with Crippen LogP contribution in [-0.4, -0.2) is 42.1 Å². The van der Waals surface area contributed by atoms with Gasteiger partial charge in [-0.1, -0.05) is 0 Å². The van der Waals surface area contributed by atoms with E-state index in [0.717, 1.165) is 19.3 Å². The van der Waals surface area contributed by atoms with Crippen molar-refractivity contribution in [2.45, 2.75) is 57.4 Å². The van der Waals surface area contributed by atoms with Crippen LogP contribution in [-0.2, 0) is 9.53 Å². The van der Waals surface area contributed by atoms with Crippen LogP contribution in [0.2, 0.25) is 0 Å². The highest BCUT2D eigenvalue weighted by Crippen LogP contribution is 2.57. The molecular formula is C24H30N2O4. The molecule has 4 fully saturated rings. The Labute approximate surface area is 178 Å². The first-order chi connectivity index (χ1) is 14.5. The molecule has 160 valence electrons. The Morgan fingerprint density at radius 2 is 1.70 bits per heavy atom. The Hall–Kier alpha value is -2.55.